The fourth-order valence-electron chi connectivity index (χ4n) is 2.47. The lowest BCUT2D eigenvalue weighted by Crippen LogP contribution is -2.33. The van der Waals surface area contributed by atoms with Crippen molar-refractivity contribution in [1.29, 1.82) is 0 Å². The molecule has 0 N–H and O–H groups in total. The van der Waals surface area contributed by atoms with Crippen LogP contribution in [0.15, 0.2) is 42.6 Å². The number of aromatic nitrogens is 1. The third-order valence-electron chi connectivity index (χ3n) is 3.67. The van der Waals surface area contributed by atoms with E-state index in [-0.39, 0.29) is 23.9 Å². The standard InChI is InChI=1S/C16H11ClF3N3O2/c17-14-12(2-1-7-21-14)23-13(24)9-22(15(23)25)8-10-3-5-11(6-4-10)16(18,19)20/h1-7H,8-9H2. The Bertz CT molecular complexity index is 824. The predicted octanol–water partition coefficient (Wildman–Crippen LogP) is 3.72. The van der Waals surface area contributed by atoms with Crippen LogP contribution in [0.2, 0.25) is 5.15 Å². The minimum Gasteiger partial charge on any atom is -0.310 e. The van der Waals surface area contributed by atoms with E-state index in [0.29, 0.717) is 5.56 Å². The van der Waals surface area contributed by atoms with Gasteiger partial charge < -0.3 is 4.90 Å². The Morgan fingerprint density at radius 2 is 1.80 bits per heavy atom. The number of benzene rings is 1. The van der Waals surface area contributed by atoms with Crippen molar-refractivity contribution in [2.75, 3.05) is 11.4 Å². The molecule has 130 valence electrons. The van der Waals surface area contributed by atoms with E-state index in [1.165, 1.54) is 29.3 Å². The number of amides is 3. The first kappa shape index (κ1) is 17.2. The zero-order valence-corrected chi connectivity index (χ0v) is 13.4. The molecule has 3 amide bonds. The molecule has 1 aliphatic heterocycles. The highest BCUT2D eigenvalue weighted by Gasteiger charge is 2.38. The maximum absolute atomic E-state index is 12.6. The number of carbonyl (C=O) groups is 2. The summed E-state index contributed by atoms with van der Waals surface area (Å²) in [6.07, 6.45) is -3.00. The lowest BCUT2D eigenvalue weighted by Gasteiger charge is -2.18. The molecule has 1 aliphatic rings. The molecule has 3 rings (SSSR count). The van der Waals surface area contributed by atoms with Crippen molar-refractivity contribution in [2.45, 2.75) is 12.7 Å². The predicted molar refractivity (Wildman–Crippen MR) is 84.0 cm³/mol. The van der Waals surface area contributed by atoms with Crippen molar-refractivity contribution >= 4 is 29.2 Å². The van der Waals surface area contributed by atoms with Crippen molar-refractivity contribution in [1.82, 2.24) is 9.88 Å². The summed E-state index contributed by atoms with van der Waals surface area (Å²) in [5.41, 5.74) is -0.119. The van der Waals surface area contributed by atoms with E-state index in [1.807, 2.05) is 0 Å². The molecule has 0 unspecified atom stereocenters. The van der Waals surface area contributed by atoms with E-state index in [2.05, 4.69) is 4.98 Å². The summed E-state index contributed by atoms with van der Waals surface area (Å²) in [6, 6.07) is 6.87. The molecule has 1 saturated heterocycles. The molecule has 0 saturated carbocycles. The lowest BCUT2D eigenvalue weighted by atomic mass is 10.1. The average molecular weight is 370 g/mol. The number of urea groups is 1. The van der Waals surface area contributed by atoms with Crippen molar-refractivity contribution < 1.29 is 22.8 Å². The van der Waals surface area contributed by atoms with Crippen LogP contribution in [-0.2, 0) is 17.5 Å². The fraction of sp³-hybridized carbons (Fsp3) is 0.188. The number of hydrogen-bond donors (Lipinski definition) is 0. The topological polar surface area (TPSA) is 53.5 Å². The number of carbonyl (C=O) groups excluding carboxylic acids is 2. The molecule has 2 aromatic rings. The van der Waals surface area contributed by atoms with E-state index in [0.717, 1.165) is 17.0 Å². The third-order valence-corrected chi connectivity index (χ3v) is 3.96. The van der Waals surface area contributed by atoms with Gasteiger partial charge in [0.1, 0.15) is 6.54 Å². The monoisotopic (exact) mass is 369 g/mol. The summed E-state index contributed by atoms with van der Waals surface area (Å²) >= 11 is 5.92. The highest BCUT2D eigenvalue weighted by atomic mass is 35.5. The van der Waals surface area contributed by atoms with Gasteiger partial charge in [0.15, 0.2) is 5.15 Å². The summed E-state index contributed by atoms with van der Waals surface area (Å²) in [5, 5.41) is 0.0144. The molecular weight excluding hydrogens is 359 g/mol. The maximum atomic E-state index is 12.6. The van der Waals surface area contributed by atoms with E-state index in [9.17, 15) is 22.8 Å². The number of halogens is 4. The van der Waals surface area contributed by atoms with Gasteiger partial charge in [-0.25, -0.2) is 14.7 Å². The molecule has 0 bridgehead atoms. The molecule has 0 aliphatic carbocycles. The summed E-state index contributed by atoms with van der Waals surface area (Å²) in [4.78, 5) is 30.6. The van der Waals surface area contributed by atoms with Crippen LogP contribution in [0.3, 0.4) is 0 Å². The molecule has 0 atom stereocenters. The number of alkyl halides is 3. The van der Waals surface area contributed by atoms with Gasteiger partial charge in [-0.05, 0) is 29.8 Å². The molecule has 1 aromatic carbocycles. The molecule has 2 heterocycles. The molecule has 0 radical (unpaired) electrons. The van der Waals surface area contributed by atoms with Crippen LogP contribution < -0.4 is 4.90 Å². The number of anilines is 1. The Kier molecular flexibility index (Phi) is 4.38. The fourth-order valence-corrected chi connectivity index (χ4v) is 2.68. The van der Waals surface area contributed by atoms with Crippen LogP contribution in [-0.4, -0.2) is 28.4 Å². The largest absolute Gasteiger partial charge is 0.416 e. The van der Waals surface area contributed by atoms with Gasteiger partial charge in [0, 0.05) is 12.7 Å². The van der Waals surface area contributed by atoms with Gasteiger partial charge in [-0.2, -0.15) is 13.2 Å². The smallest absolute Gasteiger partial charge is 0.310 e. The molecule has 0 spiro atoms. The number of rotatable bonds is 3. The van der Waals surface area contributed by atoms with Crippen LogP contribution in [0.5, 0.6) is 0 Å². The molecule has 5 nitrogen and oxygen atoms in total. The van der Waals surface area contributed by atoms with Crippen LogP contribution in [0.25, 0.3) is 0 Å². The van der Waals surface area contributed by atoms with E-state index < -0.39 is 23.7 Å². The van der Waals surface area contributed by atoms with Crippen LogP contribution in [0, 0.1) is 0 Å². The summed E-state index contributed by atoms with van der Waals surface area (Å²) < 4.78 is 37.7. The summed E-state index contributed by atoms with van der Waals surface area (Å²) in [6.45, 7) is -0.178. The Balaban J connectivity index is 1.78. The second-order valence-electron chi connectivity index (χ2n) is 5.38. The SMILES string of the molecule is O=C1CN(Cc2ccc(C(F)(F)F)cc2)C(=O)N1c1cccnc1Cl. The zero-order valence-electron chi connectivity index (χ0n) is 12.6. The van der Waals surface area contributed by atoms with Crippen LogP contribution in [0.4, 0.5) is 23.7 Å². The summed E-state index contributed by atoms with van der Waals surface area (Å²) in [7, 11) is 0. The Morgan fingerprint density at radius 1 is 1.12 bits per heavy atom. The van der Waals surface area contributed by atoms with Crippen LogP contribution in [0.1, 0.15) is 11.1 Å². The zero-order chi connectivity index (χ0) is 18.2. The first-order chi connectivity index (χ1) is 11.8. The van der Waals surface area contributed by atoms with E-state index in [1.54, 1.807) is 6.07 Å². The normalized spacial score (nSPS) is 15.2. The van der Waals surface area contributed by atoms with Crippen LogP contribution >= 0.6 is 11.6 Å². The highest BCUT2D eigenvalue weighted by molar-refractivity contribution is 6.34. The molecule has 1 aromatic heterocycles. The first-order valence-electron chi connectivity index (χ1n) is 7.16. The Labute approximate surface area is 145 Å². The lowest BCUT2D eigenvalue weighted by molar-refractivity contribution is -0.137. The van der Waals surface area contributed by atoms with Gasteiger partial charge in [-0.3, -0.25) is 4.79 Å². The number of pyridine rings is 1. The van der Waals surface area contributed by atoms with Gasteiger partial charge in [-0.15, -0.1) is 0 Å². The van der Waals surface area contributed by atoms with Crippen molar-refractivity contribution in [3.05, 3.63) is 58.9 Å². The Morgan fingerprint density at radius 3 is 2.40 bits per heavy atom. The number of hydrogen-bond acceptors (Lipinski definition) is 3. The van der Waals surface area contributed by atoms with E-state index >= 15 is 0 Å². The van der Waals surface area contributed by atoms with Gasteiger partial charge >= 0.3 is 12.2 Å². The Hall–Kier alpha value is -2.61. The number of imide groups is 1. The quantitative estimate of drug-likeness (QED) is 0.612. The second-order valence-corrected chi connectivity index (χ2v) is 5.73. The minimum atomic E-state index is -4.42. The second kappa shape index (κ2) is 6.36. The molecule has 1 fully saturated rings. The van der Waals surface area contributed by atoms with Crippen molar-refractivity contribution in [3.63, 3.8) is 0 Å². The molecule has 25 heavy (non-hydrogen) atoms. The minimum absolute atomic E-state index is 0.0110. The molecule has 9 heteroatoms. The van der Waals surface area contributed by atoms with Crippen molar-refractivity contribution in [2.24, 2.45) is 0 Å². The van der Waals surface area contributed by atoms with Gasteiger partial charge in [-0.1, -0.05) is 23.7 Å². The highest BCUT2D eigenvalue weighted by Crippen LogP contribution is 2.30. The maximum Gasteiger partial charge on any atom is 0.416 e. The first-order valence-corrected chi connectivity index (χ1v) is 7.53. The van der Waals surface area contributed by atoms with Gasteiger partial charge in [0.25, 0.3) is 5.91 Å². The van der Waals surface area contributed by atoms with Crippen molar-refractivity contribution in [3.8, 4) is 0 Å². The average Bonchev–Trinajstić information content (AvgIpc) is 2.82. The number of nitrogens with zero attached hydrogens (tertiary/aromatic N) is 3. The van der Waals surface area contributed by atoms with Gasteiger partial charge in [0.05, 0.1) is 11.3 Å². The van der Waals surface area contributed by atoms with Gasteiger partial charge in [0.2, 0.25) is 0 Å². The molecular formula is C16H11ClF3N3O2. The third kappa shape index (κ3) is 3.43. The van der Waals surface area contributed by atoms with E-state index in [4.69, 9.17) is 11.6 Å². The summed E-state index contributed by atoms with van der Waals surface area (Å²) in [5.74, 6) is -0.480.